The standard InChI is InChI=1S/C13H17NO6S2/c1-9(22(16,17)18)4-5-14-12(15)3-2-11-13-10(8-21-11)19-6-7-20-13/h2-3,8-9H,4-7H2,1H3,(H,14,15)(H,16,17,18). The molecule has 0 radical (unpaired) electrons. The third-order valence-corrected chi connectivity index (χ3v) is 5.23. The van der Waals surface area contributed by atoms with Crippen molar-refractivity contribution in [3.8, 4) is 11.5 Å². The van der Waals surface area contributed by atoms with Crippen molar-refractivity contribution in [1.29, 1.82) is 0 Å². The molecule has 1 aliphatic rings. The van der Waals surface area contributed by atoms with Gasteiger partial charge in [0.25, 0.3) is 10.1 Å². The molecule has 122 valence electrons. The van der Waals surface area contributed by atoms with Crippen molar-refractivity contribution in [2.75, 3.05) is 19.8 Å². The van der Waals surface area contributed by atoms with Gasteiger partial charge >= 0.3 is 0 Å². The minimum absolute atomic E-state index is 0.143. The maximum absolute atomic E-state index is 11.7. The highest BCUT2D eigenvalue weighted by molar-refractivity contribution is 7.86. The molecule has 1 unspecified atom stereocenters. The highest BCUT2D eigenvalue weighted by atomic mass is 32.2. The fourth-order valence-corrected chi connectivity index (χ4v) is 2.99. The van der Waals surface area contributed by atoms with Gasteiger partial charge in [0, 0.05) is 18.0 Å². The lowest BCUT2D eigenvalue weighted by atomic mass is 10.3. The average molecular weight is 347 g/mol. The Morgan fingerprint density at radius 2 is 2.23 bits per heavy atom. The third-order valence-electron chi connectivity index (χ3n) is 3.07. The van der Waals surface area contributed by atoms with Crippen LogP contribution in [0, 0.1) is 0 Å². The Morgan fingerprint density at radius 1 is 1.50 bits per heavy atom. The van der Waals surface area contributed by atoms with Crippen LogP contribution in [0.4, 0.5) is 0 Å². The molecule has 7 nitrogen and oxygen atoms in total. The largest absolute Gasteiger partial charge is 0.485 e. The number of amides is 1. The predicted molar refractivity (Wildman–Crippen MR) is 83.0 cm³/mol. The first-order chi connectivity index (χ1) is 10.4. The molecule has 1 aromatic rings. The molecule has 0 aliphatic carbocycles. The van der Waals surface area contributed by atoms with Crippen molar-refractivity contribution in [2.24, 2.45) is 0 Å². The molecule has 0 aromatic carbocycles. The van der Waals surface area contributed by atoms with E-state index in [1.54, 1.807) is 6.08 Å². The van der Waals surface area contributed by atoms with E-state index in [0.717, 1.165) is 4.88 Å². The second-order valence-corrected chi connectivity index (χ2v) is 7.47. The molecule has 1 aromatic heterocycles. The van der Waals surface area contributed by atoms with Crippen LogP contribution in [-0.4, -0.2) is 43.9 Å². The SMILES string of the molecule is CC(CCNC(=O)C=Cc1scc2c1OCCO2)S(=O)(=O)O. The molecule has 9 heteroatoms. The molecule has 0 saturated heterocycles. The molecular weight excluding hydrogens is 330 g/mol. The van der Waals surface area contributed by atoms with Gasteiger partial charge in [-0.3, -0.25) is 9.35 Å². The number of carbonyl (C=O) groups excluding carboxylic acids is 1. The van der Waals surface area contributed by atoms with Crippen LogP contribution >= 0.6 is 11.3 Å². The molecule has 2 heterocycles. The van der Waals surface area contributed by atoms with Gasteiger partial charge in [0.2, 0.25) is 5.91 Å². The molecule has 0 bridgehead atoms. The Balaban J connectivity index is 1.83. The molecular formula is C13H17NO6S2. The van der Waals surface area contributed by atoms with Gasteiger partial charge in [0.05, 0.1) is 10.1 Å². The van der Waals surface area contributed by atoms with E-state index >= 15 is 0 Å². The minimum Gasteiger partial charge on any atom is -0.485 e. The highest BCUT2D eigenvalue weighted by Gasteiger charge is 2.18. The van der Waals surface area contributed by atoms with Gasteiger partial charge in [0.1, 0.15) is 13.2 Å². The first-order valence-electron chi connectivity index (χ1n) is 6.67. The minimum atomic E-state index is -4.06. The Labute approximate surface area is 132 Å². The molecule has 2 rings (SSSR count). The monoisotopic (exact) mass is 347 g/mol. The van der Waals surface area contributed by atoms with E-state index in [-0.39, 0.29) is 18.9 Å². The summed E-state index contributed by atoms with van der Waals surface area (Å²) in [6.07, 6.45) is 3.12. The summed E-state index contributed by atoms with van der Waals surface area (Å²) in [5, 5.41) is 3.47. The lowest BCUT2D eigenvalue weighted by Gasteiger charge is -2.15. The Bertz CT molecular complexity index is 664. The second-order valence-electron chi connectivity index (χ2n) is 4.73. The summed E-state index contributed by atoms with van der Waals surface area (Å²) in [5.74, 6) is 0.972. The number of nitrogens with one attached hydrogen (secondary N) is 1. The number of thiophene rings is 1. The van der Waals surface area contributed by atoms with Gasteiger partial charge in [0.15, 0.2) is 11.5 Å². The summed E-state index contributed by atoms with van der Waals surface area (Å²) in [5.41, 5.74) is 0. The van der Waals surface area contributed by atoms with Gasteiger partial charge in [-0.05, 0) is 19.4 Å². The summed E-state index contributed by atoms with van der Waals surface area (Å²) < 4.78 is 41.4. The highest BCUT2D eigenvalue weighted by Crippen LogP contribution is 2.39. The predicted octanol–water partition coefficient (Wildman–Crippen LogP) is 1.32. The van der Waals surface area contributed by atoms with Crippen LogP contribution in [0.25, 0.3) is 6.08 Å². The Morgan fingerprint density at radius 3 is 2.95 bits per heavy atom. The number of fused-ring (bicyclic) bond motifs is 1. The van der Waals surface area contributed by atoms with Crippen molar-refractivity contribution in [2.45, 2.75) is 18.6 Å². The lowest BCUT2D eigenvalue weighted by molar-refractivity contribution is -0.116. The maximum atomic E-state index is 11.7. The zero-order valence-electron chi connectivity index (χ0n) is 11.9. The average Bonchev–Trinajstić information content (AvgIpc) is 2.87. The normalized spacial score (nSPS) is 15.7. The molecule has 2 N–H and O–H groups in total. The van der Waals surface area contributed by atoms with Crippen LogP contribution in [-0.2, 0) is 14.9 Å². The van der Waals surface area contributed by atoms with Crippen molar-refractivity contribution in [3.63, 3.8) is 0 Å². The van der Waals surface area contributed by atoms with E-state index in [9.17, 15) is 13.2 Å². The van der Waals surface area contributed by atoms with E-state index in [1.165, 1.54) is 24.3 Å². The number of ether oxygens (including phenoxy) is 2. The first kappa shape index (κ1) is 16.8. The lowest BCUT2D eigenvalue weighted by Crippen LogP contribution is -2.27. The summed E-state index contributed by atoms with van der Waals surface area (Å²) in [6.45, 7) is 2.53. The van der Waals surface area contributed by atoms with Gasteiger partial charge < -0.3 is 14.8 Å². The topological polar surface area (TPSA) is 102 Å². The molecule has 22 heavy (non-hydrogen) atoms. The zero-order valence-corrected chi connectivity index (χ0v) is 13.6. The van der Waals surface area contributed by atoms with Gasteiger partial charge in [-0.15, -0.1) is 11.3 Å². The number of hydrogen-bond donors (Lipinski definition) is 2. The van der Waals surface area contributed by atoms with Gasteiger partial charge in [-0.2, -0.15) is 8.42 Å². The van der Waals surface area contributed by atoms with Crippen LogP contribution in [0.5, 0.6) is 11.5 Å². The molecule has 1 atom stereocenters. The fourth-order valence-electron chi connectivity index (χ4n) is 1.76. The van der Waals surface area contributed by atoms with Crippen LogP contribution in [0.3, 0.4) is 0 Å². The molecule has 1 amide bonds. The van der Waals surface area contributed by atoms with E-state index < -0.39 is 15.4 Å². The van der Waals surface area contributed by atoms with Crippen LogP contribution in [0.1, 0.15) is 18.2 Å². The summed E-state index contributed by atoms with van der Waals surface area (Å²) >= 11 is 1.41. The molecule has 0 saturated carbocycles. The Kier molecular flexibility index (Phi) is 5.43. The summed E-state index contributed by atoms with van der Waals surface area (Å²) in [4.78, 5) is 12.4. The molecule has 1 aliphatic heterocycles. The van der Waals surface area contributed by atoms with Gasteiger partial charge in [-0.1, -0.05) is 0 Å². The van der Waals surface area contributed by atoms with Gasteiger partial charge in [-0.25, -0.2) is 0 Å². The fraction of sp³-hybridized carbons (Fsp3) is 0.462. The maximum Gasteiger partial charge on any atom is 0.267 e. The zero-order chi connectivity index (χ0) is 16.2. The van der Waals surface area contributed by atoms with Crippen LogP contribution in [0.2, 0.25) is 0 Å². The van der Waals surface area contributed by atoms with Crippen molar-refractivity contribution in [3.05, 3.63) is 16.3 Å². The second kappa shape index (κ2) is 7.12. The number of hydrogen-bond acceptors (Lipinski definition) is 6. The van der Waals surface area contributed by atoms with Crippen LogP contribution in [0.15, 0.2) is 11.5 Å². The van der Waals surface area contributed by atoms with E-state index in [1.807, 2.05) is 5.38 Å². The number of rotatable bonds is 6. The van der Waals surface area contributed by atoms with Crippen molar-refractivity contribution >= 4 is 33.4 Å². The molecule has 0 fully saturated rings. The van der Waals surface area contributed by atoms with E-state index in [4.69, 9.17) is 14.0 Å². The number of carbonyl (C=O) groups is 1. The summed E-state index contributed by atoms with van der Waals surface area (Å²) in [7, 11) is -4.06. The Hall–Kier alpha value is -1.58. The van der Waals surface area contributed by atoms with Crippen molar-refractivity contribution in [1.82, 2.24) is 5.32 Å². The van der Waals surface area contributed by atoms with E-state index in [2.05, 4.69) is 5.32 Å². The summed E-state index contributed by atoms with van der Waals surface area (Å²) in [6, 6.07) is 0. The first-order valence-corrected chi connectivity index (χ1v) is 9.05. The van der Waals surface area contributed by atoms with Crippen molar-refractivity contribution < 1.29 is 27.2 Å². The quantitative estimate of drug-likeness (QED) is 0.594. The smallest absolute Gasteiger partial charge is 0.267 e. The third kappa shape index (κ3) is 4.46. The van der Waals surface area contributed by atoms with E-state index in [0.29, 0.717) is 24.7 Å². The van der Waals surface area contributed by atoms with Crippen LogP contribution < -0.4 is 14.8 Å². The molecule has 0 spiro atoms.